The fourth-order valence-electron chi connectivity index (χ4n) is 2.26. The molecule has 0 atom stereocenters. The van der Waals surface area contributed by atoms with Crippen LogP contribution in [0.3, 0.4) is 0 Å². The van der Waals surface area contributed by atoms with Crippen molar-refractivity contribution in [1.29, 1.82) is 0 Å². The van der Waals surface area contributed by atoms with E-state index < -0.39 is 5.97 Å². The van der Waals surface area contributed by atoms with Crippen LogP contribution in [0.4, 0.5) is 0 Å². The second-order valence-electron chi connectivity index (χ2n) is 4.85. The van der Waals surface area contributed by atoms with Crippen LogP contribution in [0.1, 0.15) is 22.8 Å². The molecule has 0 saturated carbocycles. The zero-order valence-corrected chi connectivity index (χ0v) is 17.1. The van der Waals surface area contributed by atoms with Crippen molar-refractivity contribution in [1.82, 2.24) is 9.61 Å². The average Bonchev–Trinajstić information content (AvgIpc) is 3.07. The van der Waals surface area contributed by atoms with Crippen LogP contribution in [-0.4, -0.2) is 22.2 Å². The molecular formula is C16H14I2N3O3+. The van der Waals surface area contributed by atoms with Gasteiger partial charge in [-0.2, -0.15) is 0 Å². The van der Waals surface area contributed by atoms with Gasteiger partial charge in [0.25, 0.3) is 12.0 Å². The number of benzene rings is 1. The molecule has 0 aliphatic carbocycles. The molecule has 0 saturated heterocycles. The van der Waals surface area contributed by atoms with Crippen LogP contribution in [0, 0.1) is 7.27 Å². The van der Waals surface area contributed by atoms with E-state index in [9.17, 15) is 4.79 Å². The minimum atomic E-state index is -0.434. The fraction of sp³-hybridized carbons (Fsp3) is 0.188. The van der Waals surface area contributed by atoms with Crippen LogP contribution in [0.15, 0.2) is 36.7 Å². The molecule has 1 aromatic carbocycles. The van der Waals surface area contributed by atoms with Crippen LogP contribution >= 0.6 is 45.2 Å². The molecule has 0 aliphatic heterocycles. The minimum absolute atomic E-state index is 0.291. The van der Waals surface area contributed by atoms with Crippen molar-refractivity contribution in [2.75, 3.05) is 6.61 Å². The van der Waals surface area contributed by atoms with Crippen molar-refractivity contribution in [2.24, 2.45) is 0 Å². The average molecular weight is 550 g/mol. The molecule has 0 fully saturated rings. The zero-order chi connectivity index (χ0) is 17.1. The van der Waals surface area contributed by atoms with E-state index in [1.807, 2.05) is 30.3 Å². The van der Waals surface area contributed by atoms with Crippen LogP contribution < -0.4 is 9.72 Å². The maximum Gasteiger partial charge on any atom is 0.348 e. The van der Waals surface area contributed by atoms with Gasteiger partial charge in [0.05, 0.1) is 6.61 Å². The largest absolute Gasteiger partial charge is 0.486 e. The van der Waals surface area contributed by atoms with Crippen molar-refractivity contribution in [3.63, 3.8) is 0 Å². The quantitative estimate of drug-likeness (QED) is 0.279. The summed E-state index contributed by atoms with van der Waals surface area (Å²) >= 11 is 4.35. The van der Waals surface area contributed by atoms with Gasteiger partial charge in [0.15, 0.2) is 15.0 Å². The van der Waals surface area contributed by atoms with Gasteiger partial charge in [-0.3, -0.25) is 0 Å². The van der Waals surface area contributed by atoms with E-state index in [0.717, 1.165) is 12.8 Å². The van der Waals surface area contributed by atoms with Gasteiger partial charge in [0.1, 0.15) is 10.2 Å². The summed E-state index contributed by atoms with van der Waals surface area (Å²) in [4.78, 5) is 15.5. The van der Waals surface area contributed by atoms with Gasteiger partial charge >= 0.3 is 5.97 Å². The van der Waals surface area contributed by atoms with Gasteiger partial charge in [-0.1, -0.05) is 34.8 Å². The Hall–Kier alpha value is -1.43. The molecule has 2 aromatic heterocycles. The third-order valence-corrected chi connectivity index (χ3v) is 6.35. The topological polar surface area (TPSA) is 67.0 Å². The molecule has 8 heteroatoms. The number of nitrogens with zero attached hydrogens (tertiary/aromatic N) is 2. The molecule has 3 aromatic rings. The third-order valence-electron chi connectivity index (χ3n) is 3.32. The lowest BCUT2D eigenvalue weighted by Crippen LogP contribution is -2.17. The maximum atomic E-state index is 12.5. The number of pyridine rings is 1. The Labute approximate surface area is 165 Å². The smallest absolute Gasteiger partial charge is 0.348 e. The van der Waals surface area contributed by atoms with E-state index in [1.54, 1.807) is 11.4 Å². The number of nitrogens with one attached hydrogen (secondary N) is 1. The number of aromatic nitrogens is 3. The summed E-state index contributed by atoms with van der Waals surface area (Å²) in [6.45, 7) is 2.43. The van der Waals surface area contributed by atoms with E-state index in [4.69, 9.17) is 9.47 Å². The molecule has 0 spiro atoms. The summed E-state index contributed by atoms with van der Waals surface area (Å²) in [6, 6.07) is 9.81. The van der Waals surface area contributed by atoms with Gasteiger partial charge in [-0.05, 0) is 35.1 Å². The second-order valence-corrected chi connectivity index (χ2v) is 6.95. The molecule has 0 unspecified atom stereocenters. The van der Waals surface area contributed by atoms with Gasteiger partial charge < -0.3 is 9.47 Å². The Morgan fingerprint density at radius 3 is 2.75 bits per heavy atom. The molecule has 124 valence electrons. The number of carbonyl (C=O) groups excluding carboxylic acids is 1. The van der Waals surface area contributed by atoms with Crippen molar-refractivity contribution in [3.05, 3.63) is 55.1 Å². The highest BCUT2D eigenvalue weighted by molar-refractivity contribution is 14.1. The normalized spacial score (nSPS) is 10.8. The first-order chi connectivity index (χ1) is 11.6. The van der Waals surface area contributed by atoms with E-state index >= 15 is 0 Å². The standard InChI is InChI=1S/C16H13I2N3O3/c1-2-23-16(22)11-13(24-8-10-6-4-3-5-7-10)12(17)14(18)21-15(11)19-9-20-21/h3-7,9H,2,8H2,1H3/p+1. The number of hydrogen-bond donors (Lipinski definition) is 0. The first kappa shape index (κ1) is 17.4. The highest BCUT2D eigenvalue weighted by Gasteiger charge is 2.30. The summed E-state index contributed by atoms with van der Waals surface area (Å²) in [5.41, 5.74) is 1.94. The van der Waals surface area contributed by atoms with E-state index in [1.165, 1.54) is 6.33 Å². The third kappa shape index (κ3) is 3.34. The highest BCUT2D eigenvalue weighted by atomic mass is 127. The summed E-state index contributed by atoms with van der Waals surface area (Å²) in [5, 5.41) is 4.23. The molecule has 2 heterocycles. The number of fused-ring (bicyclic) bond motifs is 1. The molecule has 24 heavy (non-hydrogen) atoms. The van der Waals surface area contributed by atoms with Gasteiger partial charge in [0.2, 0.25) is 0 Å². The van der Waals surface area contributed by atoms with Crippen molar-refractivity contribution >= 4 is 56.8 Å². The molecule has 0 radical (unpaired) electrons. The van der Waals surface area contributed by atoms with E-state index in [0.29, 0.717) is 30.2 Å². The highest BCUT2D eigenvalue weighted by Crippen LogP contribution is 2.33. The molecule has 0 amide bonds. The van der Waals surface area contributed by atoms with Crippen molar-refractivity contribution < 1.29 is 19.3 Å². The molecule has 1 N–H and O–H groups in total. The number of aromatic amines is 1. The summed E-state index contributed by atoms with van der Waals surface area (Å²) in [7, 11) is 0. The Bertz CT molecular complexity index is 881. The maximum absolute atomic E-state index is 12.5. The van der Waals surface area contributed by atoms with Gasteiger partial charge in [0, 0.05) is 27.7 Å². The van der Waals surface area contributed by atoms with Crippen LogP contribution in [0.25, 0.3) is 5.65 Å². The Morgan fingerprint density at radius 2 is 2.04 bits per heavy atom. The molecule has 0 bridgehead atoms. The first-order valence-corrected chi connectivity index (χ1v) is 9.39. The Morgan fingerprint density at radius 1 is 1.29 bits per heavy atom. The summed E-state index contributed by atoms with van der Waals surface area (Å²) in [5.74, 6) is 0.0724. The van der Waals surface area contributed by atoms with E-state index in [2.05, 4.69) is 55.3 Å². The summed E-state index contributed by atoms with van der Waals surface area (Å²) in [6.07, 6.45) is 1.54. The lowest BCUT2D eigenvalue weighted by atomic mass is 10.2. The zero-order valence-electron chi connectivity index (χ0n) is 12.8. The number of halogens is 2. The monoisotopic (exact) mass is 550 g/mol. The fourth-order valence-corrected chi connectivity index (χ4v) is 3.52. The molecule has 6 nitrogen and oxygen atoms in total. The number of esters is 1. The molecule has 0 aliphatic rings. The predicted molar refractivity (Wildman–Crippen MR) is 104 cm³/mol. The SMILES string of the molecule is CCOC(=O)c1c(OCc2ccccc2)c(I)c(I)n2nc[nH+]c12. The van der Waals surface area contributed by atoms with Crippen LogP contribution in [0.5, 0.6) is 5.75 Å². The number of H-pyrrole nitrogens is 1. The number of hydrogen-bond acceptors (Lipinski definition) is 4. The number of carbonyl (C=O) groups is 1. The Balaban J connectivity index is 2.08. The number of ether oxygens (including phenoxy) is 2. The molecule has 3 rings (SSSR count). The van der Waals surface area contributed by atoms with Crippen LogP contribution in [0.2, 0.25) is 0 Å². The van der Waals surface area contributed by atoms with Crippen LogP contribution in [-0.2, 0) is 11.3 Å². The first-order valence-electron chi connectivity index (χ1n) is 7.23. The minimum Gasteiger partial charge on any atom is -0.486 e. The second kappa shape index (κ2) is 7.64. The Kier molecular flexibility index (Phi) is 5.54. The lowest BCUT2D eigenvalue weighted by Gasteiger charge is -2.13. The number of rotatable bonds is 5. The van der Waals surface area contributed by atoms with Crippen molar-refractivity contribution in [3.8, 4) is 5.75 Å². The van der Waals surface area contributed by atoms with Crippen molar-refractivity contribution in [2.45, 2.75) is 13.5 Å². The van der Waals surface area contributed by atoms with Gasteiger partial charge in [-0.15, -0.1) is 0 Å². The molecular weight excluding hydrogens is 536 g/mol. The summed E-state index contributed by atoms with van der Waals surface area (Å²) < 4.78 is 14.6. The predicted octanol–water partition coefficient (Wildman–Crippen LogP) is 3.11. The van der Waals surface area contributed by atoms with Gasteiger partial charge in [-0.25, -0.2) is 9.78 Å². The van der Waals surface area contributed by atoms with E-state index in [-0.39, 0.29) is 0 Å². The lowest BCUT2D eigenvalue weighted by molar-refractivity contribution is -0.346.